The summed E-state index contributed by atoms with van der Waals surface area (Å²) in [6.45, 7) is 2.96. The van der Waals surface area contributed by atoms with E-state index in [-0.39, 0.29) is 11.8 Å². The monoisotopic (exact) mass is 280 g/mol. The van der Waals surface area contributed by atoms with Crippen molar-refractivity contribution in [1.82, 2.24) is 4.90 Å². The van der Waals surface area contributed by atoms with E-state index in [0.717, 1.165) is 31.3 Å². The minimum Gasteiger partial charge on any atom is -0.383 e. The fourth-order valence-electron chi connectivity index (χ4n) is 2.81. The molecule has 1 aliphatic heterocycles. The van der Waals surface area contributed by atoms with Crippen LogP contribution in [0.5, 0.6) is 0 Å². The molecule has 20 heavy (non-hydrogen) atoms. The Labute approximate surface area is 117 Å². The molecule has 0 amide bonds. The summed E-state index contributed by atoms with van der Waals surface area (Å²) >= 11 is 0. The summed E-state index contributed by atoms with van der Waals surface area (Å²) in [5.74, 6) is -1.43. The Morgan fingerprint density at radius 2 is 2.15 bits per heavy atom. The Morgan fingerprint density at radius 1 is 1.35 bits per heavy atom. The van der Waals surface area contributed by atoms with Gasteiger partial charge in [0.2, 0.25) is 0 Å². The topological polar surface area (TPSA) is 36.3 Å². The van der Waals surface area contributed by atoms with Crippen LogP contribution < -0.4 is 0 Å². The van der Waals surface area contributed by atoms with Gasteiger partial charge in [-0.3, -0.25) is 0 Å². The lowest BCUT2D eigenvalue weighted by molar-refractivity contribution is 0.158. The Bertz CT molecular complexity index is 501. The number of halogens is 2. The fourth-order valence-corrected chi connectivity index (χ4v) is 2.81. The summed E-state index contributed by atoms with van der Waals surface area (Å²) in [5.41, 5.74) is 0.768. The largest absolute Gasteiger partial charge is 0.383 e. The van der Waals surface area contributed by atoms with Gasteiger partial charge < -0.3 is 9.64 Å². The van der Waals surface area contributed by atoms with Gasteiger partial charge in [-0.1, -0.05) is 6.07 Å². The maximum atomic E-state index is 13.4. The molecule has 3 nitrogen and oxygen atoms in total. The van der Waals surface area contributed by atoms with E-state index >= 15 is 0 Å². The van der Waals surface area contributed by atoms with Crippen molar-refractivity contribution >= 4 is 0 Å². The highest BCUT2D eigenvalue weighted by Crippen LogP contribution is 2.34. The molecule has 1 fully saturated rings. The summed E-state index contributed by atoms with van der Waals surface area (Å²) in [6, 6.07) is 6.22. The summed E-state index contributed by atoms with van der Waals surface area (Å²) < 4.78 is 31.5. The second-order valence-electron chi connectivity index (χ2n) is 5.15. The van der Waals surface area contributed by atoms with E-state index in [1.54, 1.807) is 13.2 Å². The molecule has 2 rings (SSSR count). The molecule has 0 unspecified atom stereocenters. The van der Waals surface area contributed by atoms with Crippen molar-refractivity contribution in [3.8, 4) is 6.07 Å². The van der Waals surface area contributed by atoms with Gasteiger partial charge in [-0.15, -0.1) is 0 Å². The Balaban J connectivity index is 2.14. The molecule has 2 atom stereocenters. The Kier molecular flexibility index (Phi) is 5.05. The number of ether oxygens (including phenoxy) is 1. The van der Waals surface area contributed by atoms with Crippen LogP contribution >= 0.6 is 0 Å². The van der Waals surface area contributed by atoms with Crippen molar-refractivity contribution < 1.29 is 13.5 Å². The van der Waals surface area contributed by atoms with E-state index in [0.29, 0.717) is 13.0 Å². The number of nitrogens with zero attached hydrogens (tertiary/aromatic N) is 2. The first-order valence-corrected chi connectivity index (χ1v) is 6.69. The first-order valence-electron chi connectivity index (χ1n) is 6.69. The molecule has 1 heterocycles. The average Bonchev–Trinajstić information content (AvgIpc) is 2.83. The van der Waals surface area contributed by atoms with Gasteiger partial charge in [0.05, 0.1) is 12.7 Å². The summed E-state index contributed by atoms with van der Waals surface area (Å²) in [4.78, 5) is 2.21. The first-order chi connectivity index (χ1) is 9.65. The lowest BCUT2D eigenvalue weighted by atomic mass is 9.87. The van der Waals surface area contributed by atoms with Crippen molar-refractivity contribution in [3.63, 3.8) is 0 Å². The third-order valence-corrected chi connectivity index (χ3v) is 3.85. The Hall–Kier alpha value is -1.51. The molecule has 108 valence electrons. The smallest absolute Gasteiger partial charge is 0.159 e. The molecule has 1 saturated heterocycles. The molecule has 0 aliphatic carbocycles. The maximum absolute atomic E-state index is 13.4. The number of benzene rings is 1. The van der Waals surface area contributed by atoms with Crippen LogP contribution in [0.2, 0.25) is 0 Å². The van der Waals surface area contributed by atoms with Crippen molar-refractivity contribution in [2.75, 3.05) is 33.4 Å². The molecular weight excluding hydrogens is 262 g/mol. The highest BCUT2D eigenvalue weighted by atomic mass is 19.2. The number of hydrogen-bond donors (Lipinski definition) is 0. The van der Waals surface area contributed by atoms with E-state index in [9.17, 15) is 8.78 Å². The molecule has 5 heteroatoms. The normalized spacial score (nSPS) is 22.9. The molecule has 0 bridgehead atoms. The summed E-state index contributed by atoms with van der Waals surface area (Å²) in [7, 11) is 1.65. The van der Waals surface area contributed by atoms with Crippen LogP contribution in [0.1, 0.15) is 17.9 Å². The van der Waals surface area contributed by atoms with Crippen LogP contribution in [0, 0.1) is 28.9 Å². The minimum atomic E-state index is -0.834. The number of methoxy groups -OCH3 is 1. The first kappa shape index (κ1) is 14.9. The van der Waals surface area contributed by atoms with Crippen LogP contribution in [0.15, 0.2) is 18.2 Å². The van der Waals surface area contributed by atoms with Crippen molar-refractivity contribution in [3.05, 3.63) is 35.4 Å². The van der Waals surface area contributed by atoms with Gasteiger partial charge in [0.15, 0.2) is 11.6 Å². The molecule has 1 aromatic carbocycles. The molecule has 0 radical (unpaired) electrons. The lowest BCUT2D eigenvalue weighted by Crippen LogP contribution is -2.25. The maximum Gasteiger partial charge on any atom is 0.159 e. The molecular formula is C15H18F2N2O. The molecule has 0 N–H and O–H groups in total. The quantitative estimate of drug-likeness (QED) is 0.831. The van der Waals surface area contributed by atoms with Crippen molar-refractivity contribution in [2.45, 2.75) is 12.3 Å². The predicted molar refractivity (Wildman–Crippen MR) is 71.1 cm³/mol. The summed E-state index contributed by atoms with van der Waals surface area (Å²) in [6.07, 6.45) is 0.424. The average molecular weight is 280 g/mol. The van der Waals surface area contributed by atoms with E-state index in [1.165, 1.54) is 6.07 Å². The number of hydrogen-bond acceptors (Lipinski definition) is 3. The van der Waals surface area contributed by atoms with Gasteiger partial charge in [-0.25, -0.2) is 8.78 Å². The predicted octanol–water partition coefficient (Wildman–Crippen LogP) is 2.54. The third-order valence-electron chi connectivity index (χ3n) is 3.85. The van der Waals surface area contributed by atoms with E-state index < -0.39 is 11.6 Å². The zero-order chi connectivity index (χ0) is 14.5. The number of likely N-dealkylation sites (tertiary alicyclic amines) is 1. The second-order valence-corrected chi connectivity index (χ2v) is 5.15. The third kappa shape index (κ3) is 3.33. The minimum absolute atomic E-state index is 0.0709. The van der Waals surface area contributed by atoms with E-state index in [4.69, 9.17) is 10.00 Å². The van der Waals surface area contributed by atoms with Gasteiger partial charge in [-0.2, -0.15) is 5.26 Å². The van der Waals surface area contributed by atoms with Gasteiger partial charge in [0.1, 0.15) is 0 Å². The highest BCUT2D eigenvalue weighted by Gasteiger charge is 2.33. The fraction of sp³-hybridized carbons (Fsp3) is 0.533. The van der Waals surface area contributed by atoms with E-state index in [2.05, 4.69) is 11.0 Å². The zero-order valence-corrected chi connectivity index (χ0v) is 11.5. The summed E-state index contributed by atoms with van der Waals surface area (Å²) in [5, 5.41) is 8.93. The highest BCUT2D eigenvalue weighted by molar-refractivity contribution is 5.24. The van der Waals surface area contributed by atoms with Crippen LogP contribution in [0.3, 0.4) is 0 Å². The SMILES string of the molecule is COCCN1C[C@@H](CC#N)[C@H](c2ccc(F)c(F)c2)C1. The molecule has 0 spiro atoms. The van der Waals surface area contributed by atoms with Crippen molar-refractivity contribution in [1.29, 1.82) is 5.26 Å². The van der Waals surface area contributed by atoms with Gasteiger partial charge in [0.25, 0.3) is 0 Å². The standard InChI is InChI=1S/C15H18F2N2O/c1-20-7-6-19-9-12(4-5-18)13(10-19)11-2-3-14(16)15(17)8-11/h2-3,8,12-13H,4,6-7,9-10H2,1H3/t12-,13+/m1/s1. The Morgan fingerprint density at radius 3 is 2.80 bits per heavy atom. The number of nitriles is 1. The van der Waals surface area contributed by atoms with Crippen LogP contribution in [-0.2, 0) is 4.74 Å². The van der Waals surface area contributed by atoms with Crippen LogP contribution in [-0.4, -0.2) is 38.3 Å². The van der Waals surface area contributed by atoms with Gasteiger partial charge >= 0.3 is 0 Å². The molecule has 0 saturated carbocycles. The number of rotatable bonds is 5. The van der Waals surface area contributed by atoms with Crippen LogP contribution in [0.4, 0.5) is 8.78 Å². The second kappa shape index (κ2) is 6.78. The molecule has 1 aromatic rings. The molecule has 0 aromatic heterocycles. The lowest BCUT2D eigenvalue weighted by Gasteiger charge is -2.16. The van der Waals surface area contributed by atoms with Crippen molar-refractivity contribution in [2.24, 2.45) is 5.92 Å². The van der Waals surface area contributed by atoms with Gasteiger partial charge in [-0.05, 0) is 23.6 Å². The van der Waals surface area contributed by atoms with Crippen LogP contribution in [0.25, 0.3) is 0 Å². The molecule has 1 aliphatic rings. The van der Waals surface area contributed by atoms with Gasteiger partial charge in [0, 0.05) is 39.1 Å². The van der Waals surface area contributed by atoms with E-state index in [1.807, 2.05) is 0 Å². The zero-order valence-electron chi connectivity index (χ0n) is 11.5.